The van der Waals surface area contributed by atoms with Crippen molar-refractivity contribution in [1.82, 2.24) is 9.97 Å². The Balaban J connectivity index is 1.75. The van der Waals surface area contributed by atoms with Crippen molar-refractivity contribution in [2.45, 2.75) is 31.3 Å². The molecule has 0 saturated heterocycles. The molecule has 0 bridgehead atoms. The smallest absolute Gasteiger partial charge is 0.166 e. The molecule has 2 aromatic carbocycles. The molecule has 4 heteroatoms. The number of nitrogens with zero attached hydrogens (tertiary/aromatic N) is 1. The molecule has 0 aliphatic heterocycles. The summed E-state index contributed by atoms with van der Waals surface area (Å²) < 4.78 is 0. The second kappa shape index (κ2) is 5.92. The summed E-state index contributed by atoms with van der Waals surface area (Å²) in [5, 5.41) is 0.970. The van der Waals surface area contributed by atoms with E-state index in [4.69, 9.17) is 5.73 Å². The van der Waals surface area contributed by atoms with Gasteiger partial charge in [0.1, 0.15) is 0 Å². The number of imidazole rings is 1. The van der Waals surface area contributed by atoms with Crippen LogP contribution in [0, 0.1) is 13.8 Å². The van der Waals surface area contributed by atoms with Gasteiger partial charge in [-0.25, -0.2) is 4.98 Å². The summed E-state index contributed by atoms with van der Waals surface area (Å²) in [7, 11) is 0. The SMILES string of the molecule is Cc1cc2nc(SCc3ccc(CN)cc3)[nH]c2cc1C. The highest BCUT2D eigenvalue weighted by atomic mass is 32.2. The molecule has 0 fully saturated rings. The maximum absolute atomic E-state index is 5.61. The van der Waals surface area contributed by atoms with Crippen molar-refractivity contribution in [2.24, 2.45) is 5.73 Å². The number of hydrogen-bond donors (Lipinski definition) is 2. The molecule has 108 valence electrons. The van der Waals surface area contributed by atoms with Gasteiger partial charge in [0.2, 0.25) is 0 Å². The van der Waals surface area contributed by atoms with Crippen LogP contribution in [0.2, 0.25) is 0 Å². The van der Waals surface area contributed by atoms with Crippen LogP contribution >= 0.6 is 11.8 Å². The van der Waals surface area contributed by atoms with Crippen molar-refractivity contribution in [3.8, 4) is 0 Å². The van der Waals surface area contributed by atoms with Crippen LogP contribution in [0.4, 0.5) is 0 Å². The number of H-pyrrole nitrogens is 1. The van der Waals surface area contributed by atoms with E-state index in [1.807, 2.05) is 0 Å². The summed E-state index contributed by atoms with van der Waals surface area (Å²) in [5.74, 6) is 0.905. The van der Waals surface area contributed by atoms with Gasteiger partial charge in [-0.3, -0.25) is 0 Å². The minimum atomic E-state index is 0.593. The van der Waals surface area contributed by atoms with Gasteiger partial charge in [-0.2, -0.15) is 0 Å². The van der Waals surface area contributed by atoms with E-state index in [0.717, 1.165) is 21.9 Å². The van der Waals surface area contributed by atoms with Crippen LogP contribution in [0.15, 0.2) is 41.6 Å². The third-order valence-electron chi connectivity index (χ3n) is 3.71. The number of aromatic amines is 1. The molecule has 0 atom stereocenters. The van der Waals surface area contributed by atoms with Crippen molar-refractivity contribution in [3.05, 3.63) is 58.7 Å². The predicted molar refractivity (Wildman–Crippen MR) is 89.5 cm³/mol. The average molecular weight is 297 g/mol. The number of thioether (sulfide) groups is 1. The van der Waals surface area contributed by atoms with Crippen molar-refractivity contribution in [2.75, 3.05) is 0 Å². The van der Waals surface area contributed by atoms with E-state index in [2.05, 4.69) is 60.2 Å². The standard InChI is InChI=1S/C17H19N3S/c1-11-7-15-16(8-12(11)2)20-17(19-15)21-10-14-5-3-13(9-18)4-6-14/h3-8H,9-10,18H2,1-2H3,(H,19,20). The Morgan fingerprint density at radius 1 is 1.05 bits per heavy atom. The molecule has 3 aromatic rings. The Bertz CT molecular complexity index is 721. The van der Waals surface area contributed by atoms with Crippen LogP contribution in [0.1, 0.15) is 22.3 Å². The quantitative estimate of drug-likeness (QED) is 0.717. The second-order valence-electron chi connectivity index (χ2n) is 5.30. The first kappa shape index (κ1) is 14.2. The van der Waals surface area contributed by atoms with Crippen LogP contribution < -0.4 is 5.73 Å². The second-order valence-corrected chi connectivity index (χ2v) is 6.27. The molecule has 1 aromatic heterocycles. The van der Waals surface area contributed by atoms with Gasteiger partial charge in [-0.05, 0) is 48.2 Å². The van der Waals surface area contributed by atoms with E-state index in [0.29, 0.717) is 6.54 Å². The Morgan fingerprint density at radius 3 is 2.43 bits per heavy atom. The third-order valence-corrected chi connectivity index (χ3v) is 4.65. The summed E-state index contributed by atoms with van der Waals surface area (Å²) in [6, 6.07) is 12.7. The lowest BCUT2D eigenvalue weighted by molar-refractivity contribution is 1.06. The van der Waals surface area contributed by atoms with Gasteiger partial charge in [0.05, 0.1) is 11.0 Å². The zero-order valence-electron chi connectivity index (χ0n) is 12.3. The predicted octanol–water partition coefficient (Wildman–Crippen LogP) is 3.93. The number of hydrogen-bond acceptors (Lipinski definition) is 3. The molecule has 0 radical (unpaired) electrons. The number of nitrogens with one attached hydrogen (secondary N) is 1. The van der Waals surface area contributed by atoms with E-state index in [9.17, 15) is 0 Å². The number of nitrogens with two attached hydrogens (primary N) is 1. The fourth-order valence-corrected chi connectivity index (χ4v) is 3.08. The zero-order valence-corrected chi connectivity index (χ0v) is 13.1. The summed E-state index contributed by atoms with van der Waals surface area (Å²) in [6.07, 6.45) is 0. The third kappa shape index (κ3) is 3.12. The van der Waals surface area contributed by atoms with Crippen molar-refractivity contribution in [1.29, 1.82) is 0 Å². The lowest BCUT2D eigenvalue weighted by Gasteiger charge is -2.01. The van der Waals surface area contributed by atoms with E-state index in [1.54, 1.807) is 11.8 Å². The number of aryl methyl sites for hydroxylation is 2. The van der Waals surface area contributed by atoms with Gasteiger partial charge in [-0.1, -0.05) is 36.0 Å². The van der Waals surface area contributed by atoms with Crippen molar-refractivity contribution < 1.29 is 0 Å². The number of aromatic nitrogens is 2. The zero-order chi connectivity index (χ0) is 14.8. The van der Waals surface area contributed by atoms with Gasteiger partial charge in [0, 0.05) is 12.3 Å². The van der Waals surface area contributed by atoms with Gasteiger partial charge in [0.15, 0.2) is 5.16 Å². The number of benzene rings is 2. The number of rotatable bonds is 4. The monoisotopic (exact) mass is 297 g/mol. The van der Waals surface area contributed by atoms with E-state index < -0.39 is 0 Å². The van der Waals surface area contributed by atoms with Crippen LogP contribution in [0.3, 0.4) is 0 Å². The lowest BCUT2D eigenvalue weighted by Crippen LogP contribution is -1.95. The fraction of sp³-hybridized carbons (Fsp3) is 0.235. The molecular weight excluding hydrogens is 278 g/mol. The lowest BCUT2D eigenvalue weighted by atomic mass is 10.1. The van der Waals surface area contributed by atoms with Crippen molar-refractivity contribution >= 4 is 22.8 Å². The Kier molecular flexibility index (Phi) is 3.99. The van der Waals surface area contributed by atoms with Gasteiger partial charge in [-0.15, -0.1) is 0 Å². The van der Waals surface area contributed by atoms with Gasteiger partial charge >= 0.3 is 0 Å². The molecule has 0 spiro atoms. The minimum Gasteiger partial charge on any atom is -0.333 e. The first-order chi connectivity index (χ1) is 10.2. The molecule has 0 aliphatic carbocycles. The largest absolute Gasteiger partial charge is 0.333 e. The maximum Gasteiger partial charge on any atom is 0.166 e. The maximum atomic E-state index is 5.61. The van der Waals surface area contributed by atoms with Crippen LogP contribution in [0.25, 0.3) is 11.0 Å². The van der Waals surface area contributed by atoms with E-state index >= 15 is 0 Å². The summed E-state index contributed by atoms with van der Waals surface area (Å²) >= 11 is 1.73. The van der Waals surface area contributed by atoms with E-state index in [1.165, 1.54) is 22.3 Å². The van der Waals surface area contributed by atoms with Gasteiger partial charge < -0.3 is 10.7 Å². The highest BCUT2D eigenvalue weighted by Gasteiger charge is 2.05. The molecule has 21 heavy (non-hydrogen) atoms. The molecule has 0 saturated carbocycles. The molecule has 3 nitrogen and oxygen atoms in total. The highest BCUT2D eigenvalue weighted by Crippen LogP contribution is 2.24. The molecule has 0 aliphatic rings. The van der Waals surface area contributed by atoms with Gasteiger partial charge in [0.25, 0.3) is 0 Å². The summed E-state index contributed by atoms with van der Waals surface area (Å²) in [6.45, 7) is 4.84. The Hall–Kier alpha value is -1.78. The van der Waals surface area contributed by atoms with Crippen LogP contribution in [0.5, 0.6) is 0 Å². The summed E-state index contributed by atoms with van der Waals surface area (Å²) in [5.41, 5.74) is 12.8. The first-order valence-electron chi connectivity index (χ1n) is 7.03. The van der Waals surface area contributed by atoms with Crippen molar-refractivity contribution in [3.63, 3.8) is 0 Å². The van der Waals surface area contributed by atoms with Crippen LogP contribution in [-0.4, -0.2) is 9.97 Å². The number of fused-ring (bicyclic) bond motifs is 1. The Morgan fingerprint density at radius 2 is 1.71 bits per heavy atom. The van der Waals surface area contributed by atoms with Crippen LogP contribution in [-0.2, 0) is 12.3 Å². The summed E-state index contributed by atoms with van der Waals surface area (Å²) in [4.78, 5) is 8.04. The van der Waals surface area contributed by atoms with E-state index in [-0.39, 0.29) is 0 Å². The Labute approximate surface area is 129 Å². The highest BCUT2D eigenvalue weighted by molar-refractivity contribution is 7.98. The molecule has 1 heterocycles. The molecular formula is C17H19N3S. The fourth-order valence-electron chi connectivity index (χ4n) is 2.24. The molecule has 0 unspecified atom stereocenters. The molecule has 3 rings (SSSR count). The first-order valence-corrected chi connectivity index (χ1v) is 8.02. The molecule has 3 N–H and O–H groups in total. The molecule has 0 amide bonds. The minimum absolute atomic E-state index is 0.593. The normalized spacial score (nSPS) is 11.2. The average Bonchev–Trinajstić information content (AvgIpc) is 2.88. The topological polar surface area (TPSA) is 54.7 Å².